The van der Waals surface area contributed by atoms with Crippen molar-refractivity contribution in [1.29, 1.82) is 0 Å². The summed E-state index contributed by atoms with van der Waals surface area (Å²) in [5.74, 6) is -1.36. The first-order valence-electron chi connectivity index (χ1n) is 13.5. The Morgan fingerprint density at radius 3 is 1.21 bits per heavy atom. The average molecular weight is 557 g/mol. The highest BCUT2D eigenvalue weighted by molar-refractivity contribution is 6.25. The van der Waals surface area contributed by atoms with Crippen molar-refractivity contribution < 1.29 is 28.8 Å². The van der Waals surface area contributed by atoms with E-state index in [4.69, 9.17) is 0 Å². The highest BCUT2D eigenvalue weighted by Crippen LogP contribution is 2.43. The van der Waals surface area contributed by atoms with E-state index in [2.05, 4.69) is 0 Å². The molecule has 4 aliphatic carbocycles. The number of Topliss-reactive ketones (excluding diaryl/α,β-unsaturated/α-hetero) is 2. The van der Waals surface area contributed by atoms with Crippen LogP contribution in [0.5, 0.6) is 0 Å². The lowest BCUT2D eigenvalue weighted by Gasteiger charge is -2.35. The molecule has 0 saturated carbocycles. The summed E-state index contributed by atoms with van der Waals surface area (Å²) in [4.78, 5) is 73.3. The quantitative estimate of drug-likeness (QED) is 0.476. The van der Waals surface area contributed by atoms with Gasteiger partial charge in [-0.3, -0.25) is 28.8 Å². The third-order valence-electron chi connectivity index (χ3n) is 8.35. The van der Waals surface area contributed by atoms with Gasteiger partial charge in [0.25, 0.3) is 0 Å². The van der Waals surface area contributed by atoms with E-state index in [9.17, 15) is 28.8 Å². The molecular formula is C36H28O6. The zero-order valence-corrected chi connectivity index (χ0v) is 23.7. The maximum atomic E-state index is 12.8. The first-order chi connectivity index (χ1) is 19.9. The second-order valence-corrected chi connectivity index (χ2v) is 11.1. The first-order valence-corrected chi connectivity index (χ1v) is 13.5. The van der Waals surface area contributed by atoms with Crippen LogP contribution in [-0.2, 0) is 39.6 Å². The smallest absolute Gasteiger partial charge is 0.183 e. The summed E-state index contributed by atoms with van der Waals surface area (Å²) in [7, 11) is 0. The van der Waals surface area contributed by atoms with Gasteiger partial charge in [-0.25, -0.2) is 0 Å². The zero-order chi connectivity index (χ0) is 30.4. The maximum absolute atomic E-state index is 12.8. The van der Waals surface area contributed by atoms with Crippen molar-refractivity contribution in [1.82, 2.24) is 0 Å². The average Bonchev–Trinajstić information content (AvgIpc) is 2.97. The number of hydrogen-bond donors (Lipinski definition) is 0. The Kier molecular flexibility index (Phi) is 7.03. The van der Waals surface area contributed by atoms with E-state index in [1.807, 2.05) is 60.7 Å². The lowest BCUT2D eigenvalue weighted by Crippen LogP contribution is -2.41. The number of fused-ring (bicyclic) bond motifs is 2. The molecule has 0 bridgehead atoms. The molecule has 0 aromatic heterocycles. The predicted molar refractivity (Wildman–Crippen MR) is 159 cm³/mol. The monoisotopic (exact) mass is 556 g/mol. The van der Waals surface area contributed by atoms with E-state index in [-0.39, 0.29) is 45.8 Å². The number of allylic oxidation sites excluding steroid dienone is 10. The van der Waals surface area contributed by atoms with Gasteiger partial charge in [-0.1, -0.05) is 48.5 Å². The van der Waals surface area contributed by atoms with Crippen LogP contribution in [0.25, 0.3) is 12.2 Å². The number of ketones is 6. The fourth-order valence-electron chi connectivity index (χ4n) is 6.12. The van der Waals surface area contributed by atoms with Gasteiger partial charge >= 0.3 is 0 Å². The number of carbonyl (C=O) groups is 6. The minimum absolute atomic E-state index is 0.135. The number of carbonyl (C=O) groups excluding carboxylic acids is 6. The van der Waals surface area contributed by atoms with E-state index in [1.165, 1.54) is 36.5 Å². The van der Waals surface area contributed by atoms with Crippen LogP contribution in [0.4, 0.5) is 0 Å². The first kappa shape index (κ1) is 28.4. The van der Waals surface area contributed by atoms with Crippen LogP contribution in [0.2, 0.25) is 0 Å². The van der Waals surface area contributed by atoms with E-state index in [0.29, 0.717) is 11.1 Å². The molecule has 0 amide bonds. The fourth-order valence-corrected chi connectivity index (χ4v) is 6.12. The van der Waals surface area contributed by atoms with Crippen molar-refractivity contribution in [2.75, 3.05) is 0 Å². The molecule has 2 aromatic carbocycles. The van der Waals surface area contributed by atoms with E-state index >= 15 is 0 Å². The molecule has 42 heavy (non-hydrogen) atoms. The van der Waals surface area contributed by atoms with Gasteiger partial charge in [0.2, 0.25) is 0 Å². The second kappa shape index (κ2) is 10.4. The standard InChI is InChI=1S/2C18H14O3/c2*1-11-9-12-5-3-4-6-14(12)18(2,17(11)21)15-10-13(19)7-8-16(15)20/h2*3-10H,1-2H3/t2*18-/m11/s1. The highest BCUT2D eigenvalue weighted by Gasteiger charge is 2.46. The van der Waals surface area contributed by atoms with Gasteiger partial charge in [-0.2, -0.15) is 0 Å². The Morgan fingerprint density at radius 1 is 0.476 bits per heavy atom. The van der Waals surface area contributed by atoms with Crippen molar-refractivity contribution in [3.8, 4) is 0 Å². The summed E-state index contributed by atoms with van der Waals surface area (Å²) in [5, 5.41) is 0. The third kappa shape index (κ3) is 4.45. The molecule has 4 aliphatic rings. The fraction of sp³-hybridized carbons (Fsp3) is 0.167. The van der Waals surface area contributed by atoms with E-state index < -0.39 is 10.8 Å². The number of hydrogen-bond acceptors (Lipinski definition) is 6. The molecule has 2 aromatic rings. The summed E-state index contributed by atoms with van der Waals surface area (Å²) in [5.41, 5.74) is 2.82. The second-order valence-electron chi connectivity index (χ2n) is 11.1. The van der Waals surface area contributed by atoms with Crippen LogP contribution in [-0.4, -0.2) is 34.7 Å². The van der Waals surface area contributed by atoms with Gasteiger partial charge in [-0.05, 0) is 110 Å². The van der Waals surface area contributed by atoms with Crippen LogP contribution in [0.15, 0.2) is 107 Å². The normalized spacial score (nSPS) is 24.6. The van der Waals surface area contributed by atoms with Crippen LogP contribution < -0.4 is 0 Å². The number of rotatable bonds is 2. The molecule has 208 valence electrons. The maximum Gasteiger partial charge on any atom is 0.183 e. The summed E-state index contributed by atoms with van der Waals surface area (Å²) in [6.45, 7) is 6.92. The van der Waals surface area contributed by atoms with Gasteiger partial charge < -0.3 is 0 Å². The number of benzene rings is 2. The van der Waals surface area contributed by atoms with Gasteiger partial charge in [0.1, 0.15) is 0 Å². The summed E-state index contributed by atoms with van der Waals surface area (Å²) in [6, 6.07) is 15.0. The van der Waals surface area contributed by atoms with Crippen molar-refractivity contribution in [2.24, 2.45) is 0 Å². The van der Waals surface area contributed by atoms with E-state index in [1.54, 1.807) is 27.7 Å². The Bertz CT molecular complexity index is 1690. The summed E-state index contributed by atoms with van der Waals surface area (Å²) in [6.07, 6.45) is 11.2. The summed E-state index contributed by atoms with van der Waals surface area (Å²) < 4.78 is 0. The molecule has 0 saturated heterocycles. The SMILES string of the molecule is CC1=Cc2ccccc2[C@](C)(C2=CC(=O)C=CC2=O)C1=O.CC1=Cc2ccccc2[C@](C)(C2=CC(=O)C=CC2=O)C1=O. The lowest BCUT2D eigenvalue weighted by atomic mass is 9.64. The minimum atomic E-state index is -1.10. The van der Waals surface area contributed by atoms with Gasteiger partial charge in [-0.15, -0.1) is 0 Å². The molecule has 0 heterocycles. The van der Waals surface area contributed by atoms with Gasteiger partial charge in [0.05, 0.1) is 10.8 Å². The van der Waals surface area contributed by atoms with E-state index in [0.717, 1.165) is 22.3 Å². The molecule has 6 rings (SSSR count). The Hall–Kier alpha value is -5.10. The Balaban J connectivity index is 0.000000168. The predicted octanol–water partition coefficient (Wildman–Crippen LogP) is 5.13. The van der Waals surface area contributed by atoms with Gasteiger partial charge in [0, 0.05) is 11.1 Å². The molecule has 0 unspecified atom stereocenters. The zero-order valence-electron chi connectivity index (χ0n) is 23.7. The Labute approximate surface area is 243 Å². The topological polar surface area (TPSA) is 102 Å². The van der Waals surface area contributed by atoms with Crippen molar-refractivity contribution in [2.45, 2.75) is 38.5 Å². The van der Waals surface area contributed by atoms with Crippen LogP contribution in [0, 0.1) is 0 Å². The molecule has 6 nitrogen and oxygen atoms in total. The molecule has 2 atom stereocenters. The van der Waals surface area contributed by atoms with Crippen LogP contribution >= 0.6 is 0 Å². The highest BCUT2D eigenvalue weighted by atomic mass is 16.2. The molecule has 0 radical (unpaired) electrons. The molecule has 6 heteroatoms. The largest absolute Gasteiger partial charge is 0.293 e. The van der Waals surface area contributed by atoms with Gasteiger partial charge in [0.15, 0.2) is 34.7 Å². The van der Waals surface area contributed by atoms with Crippen molar-refractivity contribution in [3.05, 3.63) is 130 Å². The van der Waals surface area contributed by atoms with Crippen LogP contribution in [0.1, 0.15) is 49.9 Å². The molecule has 0 aliphatic heterocycles. The summed E-state index contributed by atoms with van der Waals surface area (Å²) >= 11 is 0. The lowest BCUT2D eigenvalue weighted by molar-refractivity contribution is -0.122. The minimum Gasteiger partial charge on any atom is -0.293 e. The molecule has 0 N–H and O–H groups in total. The Morgan fingerprint density at radius 2 is 0.833 bits per heavy atom. The molecule has 0 fully saturated rings. The molecule has 0 spiro atoms. The van der Waals surface area contributed by atoms with Crippen LogP contribution in [0.3, 0.4) is 0 Å². The molecular weight excluding hydrogens is 528 g/mol. The van der Waals surface area contributed by atoms with Crippen molar-refractivity contribution in [3.63, 3.8) is 0 Å². The third-order valence-corrected chi connectivity index (χ3v) is 8.35. The van der Waals surface area contributed by atoms with Crippen molar-refractivity contribution >= 4 is 46.9 Å².